The van der Waals surface area contributed by atoms with Crippen LogP contribution < -0.4 is 20.9 Å². The second-order valence-electron chi connectivity index (χ2n) is 5.71. The van der Waals surface area contributed by atoms with Crippen molar-refractivity contribution in [1.29, 1.82) is 0 Å². The number of carbonyl (C=O) groups is 2. The molecule has 0 radical (unpaired) electrons. The smallest absolute Gasteiger partial charge is 0.277 e. The number of rotatable bonds is 7. The van der Waals surface area contributed by atoms with Crippen molar-refractivity contribution in [3.63, 3.8) is 0 Å². The van der Waals surface area contributed by atoms with Crippen molar-refractivity contribution in [2.45, 2.75) is 0 Å². The molecule has 0 aliphatic heterocycles. The molecule has 0 atom stereocenters. The summed E-state index contributed by atoms with van der Waals surface area (Å²) in [6.07, 6.45) is 1.51. The second-order valence-corrected chi connectivity index (χ2v) is 6.12. The van der Waals surface area contributed by atoms with E-state index in [2.05, 4.69) is 22.7 Å². The lowest BCUT2D eigenvalue weighted by atomic mass is 10.1. The van der Waals surface area contributed by atoms with Gasteiger partial charge in [-0.25, -0.2) is 0 Å². The van der Waals surface area contributed by atoms with Crippen molar-refractivity contribution in [2.75, 3.05) is 6.61 Å². The van der Waals surface area contributed by atoms with Gasteiger partial charge in [-0.05, 0) is 24.4 Å². The molecule has 0 aliphatic rings. The van der Waals surface area contributed by atoms with Gasteiger partial charge in [0.1, 0.15) is 12.4 Å². The van der Waals surface area contributed by atoms with Gasteiger partial charge < -0.3 is 4.74 Å². The van der Waals surface area contributed by atoms with Crippen molar-refractivity contribution in [3.05, 3.63) is 86.5 Å². The molecule has 31 heavy (non-hydrogen) atoms. The minimum atomic E-state index is -0.951. The van der Waals surface area contributed by atoms with Gasteiger partial charge in [0.05, 0.1) is 27.0 Å². The van der Waals surface area contributed by atoms with E-state index < -0.39 is 33.0 Å². The number of hydrogen-bond donors (Lipinski definition) is 3. The maximum atomic E-state index is 12.3. The molecule has 2 aromatic rings. The maximum Gasteiger partial charge on any atom is 0.277 e. The first-order chi connectivity index (χ1) is 14.7. The molecule has 0 aliphatic carbocycles. The maximum absolute atomic E-state index is 12.3. The molecule has 3 N–H and O–H groups in total. The predicted octanol–water partition coefficient (Wildman–Crippen LogP) is 2.02. The lowest BCUT2D eigenvalue weighted by Crippen LogP contribution is -2.48. The first kappa shape index (κ1) is 22.9. The van der Waals surface area contributed by atoms with E-state index in [1.807, 2.05) is 0 Å². The number of benzene rings is 2. The summed E-state index contributed by atoms with van der Waals surface area (Å²) in [5, 5.41) is 23.7. The van der Waals surface area contributed by atoms with Crippen molar-refractivity contribution >= 4 is 40.5 Å². The van der Waals surface area contributed by atoms with Crippen molar-refractivity contribution in [2.24, 2.45) is 0 Å². The van der Waals surface area contributed by atoms with Crippen LogP contribution in [0.4, 0.5) is 11.4 Å². The van der Waals surface area contributed by atoms with E-state index >= 15 is 0 Å². The highest BCUT2D eigenvalue weighted by Crippen LogP contribution is 2.22. The molecule has 0 spiro atoms. The second kappa shape index (κ2) is 10.4. The van der Waals surface area contributed by atoms with Gasteiger partial charge in [-0.2, -0.15) is 0 Å². The third kappa shape index (κ3) is 6.30. The van der Waals surface area contributed by atoms with Gasteiger partial charge in [-0.3, -0.25) is 46.0 Å². The van der Waals surface area contributed by atoms with Crippen LogP contribution in [0.1, 0.15) is 20.7 Å². The topological polar surface area (TPSA) is 166 Å². The number of nitro benzene ring substituents is 2. The number of carbonyl (C=O) groups excluding carboxylic acids is 2. The number of hydrogen-bond acceptors (Lipinski definition) is 8. The Morgan fingerprint density at radius 3 is 2.23 bits per heavy atom. The molecule has 0 heterocycles. The predicted molar refractivity (Wildman–Crippen MR) is 113 cm³/mol. The number of ether oxygens (including phenoxy) is 1. The van der Waals surface area contributed by atoms with Crippen LogP contribution in [-0.2, 0) is 0 Å². The number of hydrazine groups is 1. The Kier molecular flexibility index (Phi) is 7.68. The fourth-order valence-electron chi connectivity index (χ4n) is 2.25. The summed E-state index contributed by atoms with van der Waals surface area (Å²) in [5.41, 5.74) is 3.11. The van der Waals surface area contributed by atoms with E-state index in [4.69, 9.17) is 17.0 Å². The summed E-state index contributed by atoms with van der Waals surface area (Å²) < 4.78 is 5.38. The SMILES string of the molecule is C=CCOc1ccccc1C(=O)NNC(=S)NC(=O)c1cc([N+](=O)[O-])cc([N+](=O)[O-])c1. The number of nitrogens with zero attached hydrogens (tertiary/aromatic N) is 2. The summed E-state index contributed by atoms with van der Waals surface area (Å²) >= 11 is 4.90. The number of nitrogens with one attached hydrogen (secondary N) is 3. The van der Waals surface area contributed by atoms with E-state index in [-0.39, 0.29) is 22.8 Å². The molecule has 160 valence electrons. The first-order valence-electron chi connectivity index (χ1n) is 8.41. The van der Waals surface area contributed by atoms with Crippen LogP contribution >= 0.6 is 12.2 Å². The van der Waals surface area contributed by atoms with Gasteiger partial charge in [-0.1, -0.05) is 24.8 Å². The van der Waals surface area contributed by atoms with E-state index in [0.717, 1.165) is 18.2 Å². The molecule has 2 amide bonds. The Morgan fingerprint density at radius 2 is 1.65 bits per heavy atom. The number of nitro groups is 2. The molecule has 0 fully saturated rings. The zero-order valence-corrected chi connectivity index (χ0v) is 16.5. The van der Waals surface area contributed by atoms with Crippen LogP contribution in [0.5, 0.6) is 5.75 Å². The Morgan fingerprint density at radius 1 is 1.03 bits per heavy atom. The fourth-order valence-corrected chi connectivity index (χ4v) is 2.40. The van der Waals surface area contributed by atoms with Crippen LogP contribution in [0.3, 0.4) is 0 Å². The van der Waals surface area contributed by atoms with E-state index in [1.54, 1.807) is 18.2 Å². The number of non-ortho nitro benzene ring substituents is 2. The monoisotopic (exact) mass is 445 g/mol. The molecular formula is C18H15N5O7S. The Balaban J connectivity index is 2.04. The lowest BCUT2D eigenvalue weighted by Gasteiger charge is -2.13. The summed E-state index contributed by atoms with van der Waals surface area (Å²) in [4.78, 5) is 44.7. The van der Waals surface area contributed by atoms with Crippen LogP contribution in [0.25, 0.3) is 0 Å². The average molecular weight is 445 g/mol. The van der Waals surface area contributed by atoms with Gasteiger partial charge in [-0.15, -0.1) is 0 Å². The largest absolute Gasteiger partial charge is 0.489 e. The Bertz CT molecular complexity index is 1040. The third-order valence-electron chi connectivity index (χ3n) is 3.59. The molecule has 0 bridgehead atoms. The van der Waals surface area contributed by atoms with Gasteiger partial charge in [0.25, 0.3) is 23.2 Å². The van der Waals surface area contributed by atoms with E-state index in [9.17, 15) is 29.8 Å². The molecule has 12 nitrogen and oxygen atoms in total. The lowest BCUT2D eigenvalue weighted by molar-refractivity contribution is -0.394. The van der Waals surface area contributed by atoms with Gasteiger partial charge in [0.2, 0.25) is 0 Å². The normalized spacial score (nSPS) is 9.81. The van der Waals surface area contributed by atoms with Crippen molar-refractivity contribution in [1.82, 2.24) is 16.2 Å². The van der Waals surface area contributed by atoms with Gasteiger partial charge in [0, 0.05) is 12.1 Å². The van der Waals surface area contributed by atoms with Crippen LogP contribution in [-0.4, -0.2) is 33.4 Å². The zero-order chi connectivity index (χ0) is 23.0. The first-order valence-corrected chi connectivity index (χ1v) is 8.82. The minimum Gasteiger partial charge on any atom is -0.489 e. The Labute approximate surface area is 180 Å². The van der Waals surface area contributed by atoms with Crippen LogP contribution in [0.2, 0.25) is 0 Å². The quantitative estimate of drug-likeness (QED) is 0.250. The van der Waals surface area contributed by atoms with Gasteiger partial charge >= 0.3 is 0 Å². The zero-order valence-electron chi connectivity index (χ0n) is 15.7. The highest BCUT2D eigenvalue weighted by Gasteiger charge is 2.20. The molecule has 13 heteroatoms. The summed E-state index contributed by atoms with van der Waals surface area (Å²) in [7, 11) is 0. The molecule has 0 saturated heterocycles. The molecule has 0 aromatic heterocycles. The summed E-state index contributed by atoms with van der Waals surface area (Å²) in [6.45, 7) is 3.70. The molecule has 2 aromatic carbocycles. The molecule has 2 rings (SSSR count). The van der Waals surface area contributed by atoms with Crippen LogP contribution in [0, 0.1) is 20.2 Å². The average Bonchev–Trinajstić information content (AvgIpc) is 2.75. The fraction of sp³-hybridized carbons (Fsp3) is 0.0556. The molecule has 0 unspecified atom stereocenters. The molecule has 0 saturated carbocycles. The van der Waals surface area contributed by atoms with E-state index in [0.29, 0.717) is 5.75 Å². The summed E-state index contributed by atoms with van der Waals surface area (Å²) in [5.74, 6) is -1.28. The number of para-hydroxylation sites is 1. The van der Waals surface area contributed by atoms with Crippen molar-refractivity contribution in [3.8, 4) is 5.75 Å². The standard InChI is InChI=1S/C18H15N5O7S/c1-2-7-30-15-6-4-3-5-14(15)17(25)20-21-18(31)19-16(24)11-8-12(22(26)27)10-13(9-11)23(28)29/h2-6,8-10H,1,7H2,(H,20,25)(H2,19,21,24,31). The molecular weight excluding hydrogens is 430 g/mol. The number of amides is 2. The highest BCUT2D eigenvalue weighted by molar-refractivity contribution is 7.80. The third-order valence-corrected chi connectivity index (χ3v) is 3.80. The number of thiocarbonyl (C=S) groups is 1. The highest BCUT2D eigenvalue weighted by atomic mass is 32.1. The Hall–Kier alpha value is -4.39. The van der Waals surface area contributed by atoms with Crippen LogP contribution in [0.15, 0.2) is 55.1 Å². The minimum absolute atomic E-state index is 0.181. The van der Waals surface area contributed by atoms with Crippen molar-refractivity contribution < 1.29 is 24.2 Å². The summed E-state index contributed by atoms with van der Waals surface area (Å²) in [6, 6.07) is 8.80. The van der Waals surface area contributed by atoms with Gasteiger partial charge in [0.15, 0.2) is 5.11 Å². The van der Waals surface area contributed by atoms with E-state index in [1.165, 1.54) is 12.1 Å².